The van der Waals surface area contributed by atoms with Gasteiger partial charge in [-0.3, -0.25) is 14.9 Å². The van der Waals surface area contributed by atoms with Crippen LogP contribution in [-0.4, -0.2) is 17.0 Å². The number of carbonyl (C=O) groups is 1. The molecule has 0 saturated heterocycles. The van der Waals surface area contributed by atoms with E-state index >= 15 is 0 Å². The molecular formula is C20H20BrN3O4. The van der Waals surface area contributed by atoms with Crippen LogP contribution in [0.15, 0.2) is 44.3 Å². The minimum absolute atomic E-state index is 0.0408. The second kappa shape index (κ2) is 7.16. The first kappa shape index (κ1) is 18.9. The first-order chi connectivity index (χ1) is 13.4. The molecule has 0 bridgehead atoms. The molecule has 7 nitrogen and oxygen atoms in total. The quantitative estimate of drug-likeness (QED) is 0.402. The van der Waals surface area contributed by atoms with E-state index in [-0.39, 0.29) is 22.9 Å². The maximum atomic E-state index is 12.4. The summed E-state index contributed by atoms with van der Waals surface area (Å²) in [5.74, 6) is 1.26. The number of hydrazone groups is 1. The molecule has 0 unspecified atom stereocenters. The van der Waals surface area contributed by atoms with Crippen molar-refractivity contribution in [2.45, 2.75) is 32.6 Å². The maximum Gasteiger partial charge on any atom is 0.281 e. The summed E-state index contributed by atoms with van der Waals surface area (Å²) < 4.78 is 6.27. The summed E-state index contributed by atoms with van der Waals surface area (Å²) >= 11 is 3.24. The Morgan fingerprint density at radius 1 is 1.39 bits per heavy atom. The zero-order chi connectivity index (χ0) is 19.9. The molecule has 2 aliphatic carbocycles. The number of hydrogen-bond donors (Lipinski definition) is 1. The number of nitro benzene ring substituents is 1. The minimum atomic E-state index is -0.452. The number of halogens is 1. The molecule has 0 spiro atoms. The van der Waals surface area contributed by atoms with Gasteiger partial charge in [0, 0.05) is 16.5 Å². The number of furan rings is 1. The second-order valence-corrected chi connectivity index (χ2v) is 8.61. The molecular weight excluding hydrogens is 426 g/mol. The van der Waals surface area contributed by atoms with Crippen LogP contribution in [0.25, 0.3) is 11.3 Å². The Balaban J connectivity index is 1.43. The van der Waals surface area contributed by atoms with E-state index in [4.69, 9.17) is 4.42 Å². The van der Waals surface area contributed by atoms with E-state index in [9.17, 15) is 14.9 Å². The van der Waals surface area contributed by atoms with Gasteiger partial charge in [0.1, 0.15) is 11.5 Å². The van der Waals surface area contributed by atoms with Crippen LogP contribution in [0.1, 0.15) is 38.4 Å². The molecule has 2 saturated carbocycles. The molecule has 1 aromatic heterocycles. The van der Waals surface area contributed by atoms with Crippen molar-refractivity contribution in [3.05, 3.63) is 50.7 Å². The van der Waals surface area contributed by atoms with Gasteiger partial charge >= 0.3 is 0 Å². The summed E-state index contributed by atoms with van der Waals surface area (Å²) in [6.07, 6.45) is 6.03. The number of nitrogens with one attached hydrogen (secondary N) is 1. The highest BCUT2D eigenvalue weighted by Crippen LogP contribution is 2.66. The summed E-state index contributed by atoms with van der Waals surface area (Å²) in [6.45, 7) is 2.19. The summed E-state index contributed by atoms with van der Waals surface area (Å²) in [6, 6.07) is 8.08. The average Bonchev–Trinajstić information content (AvgIpc) is 3.02. The normalized spacial score (nSPS) is 26.1. The lowest BCUT2D eigenvalue weighted by Gasteiger charge is -2.15. The fraction of sp³-hybridized carbons (Fsp3) is 0.400. The van der Waals surface area contributed by atoms with Crippen LogP contribution in [0.5, 0.6) is 0 Å². The van der Waals surface area contributed by atoms with E-state index in [1.165, 1.54) is 25.1 Å². The molecule has 4 rings (SSSR count). The molecule has 0 radical (unpaired) electrons. The zero-order valence-electron chi connectivity index (χ0n) is 15.4. The minimum Gasteiger partial charge on any atom is -0.455 e. The molecule has 146 valence electrons. The molecule has 28 heavy (non-hydrogen) atoms. The summed E-state index contributed by atoms with van der Waals surface area (Å²) in [5, 5.41) is 15.3. The van der Waals surface area contributed by atoms with Crippen molar-refractivity contribution in [2.24, 2.45) is 22.4 Å². The molecule has 2 aliphatic rings. The molecule has 1 N–H and O–H groups in total. The predicted octanol–water partition coefficient (Wildman–Crippen LogP) is 4.89. The number of nitrogens with zero attached hydrogens (tertiary/aromatic N) is 2. The Labute approximate surface area is 170 Å². The molecule has 2 fully saturated rings. The molecule has 3 atom stereocenters. The first-order valence-electron chi connectivity index (χ1n) is 9.27. The van der Waals surface area contributed by atoms with E-state index in [0.29, 0.717) is 27.5 Å². The lowest BCUT2D eigenvalue weighted by Crippen LogP contribution is -2.22. The maximum absolute atomic E-state index is 12.4. The van der Waals surface area contributed by atoms with Gasteiger partial charge in [-0.15, -0.1) is 0 Å². The van der Waals surface area contributed by atoms with E-state index in [1.807, 2.05) is 0 Å². The molecule has 8 heteroatoms. The van der Waals surface area contributed by atoms with Crippen LogP contribution in [0.3, 0.4) is 0 Å². The fourth-order valence-corrected chi connectivity index (χ4v) is 4.86. The van der Waals surface area contributed by atoms with Gasteiger partial charge in [-0.2, -0.15) is 5.10 Å². The lowest BCUT2D eigenvalue weighted by atomic mass is 9.90. The van der Waals surface area contributed by atoms with Crippen LogP contribution in [-0.2, 0) is 4.79 Å². The van der Waals surface area contributed by atoms with Gasteiger partial charge in [-0.05, 0) is 48.4 Å². The molecule has 1 aromatic carbocycles. The summed E-state index contributed by atoms with van der Waals surface area (Å²) in [7, 11) is 0. The van der Waals surface area contributed by atoms with Crippen LogP contribution in [0.4, 0.5) is 5.69 Å². The van der Waals surface area contributed by atoms with E-state index in [0.717, 1.165) is 12.8 Å². The van der Waals surface area contributed by atoms with Crippen molar-refractivity contribution in [3.8, 4) is 11.3 Å². The van der Waals surface area contributed by atoms with E-state index < -0.39 is 4.92 Å². The number of hydrogen-bond acceptors (Lipinski definition) is 5. The van der Waals surface area contributed by atoms with Crippen molar-refractivity contribution in [1.29, 1.82) is 0 Å². The van der Waals surface area contributed by atoms with Crippen molar-refractivity contribution in [2.75, 3.05) is 0 Å². The van der Waals surface area contributed by atoms with Crippen LogP contribution >= 0.6 is 15.9 Å². The summed E-state index contributed by atoms with van der Waals surface area (Å²) in [5.41, 5.74) is 3.08. The smallest absolute Gasteiger partial charge is 0.281 e. The number of nitro groups is 1. The SMILES string of the molecule is C[C@@]12CCCC[C@@H]1[C@@H]2C(=O)N/N=C\c1ccc(-c2ccc(Br)cc2[N+](=O)[O-])o1. The van der Waals surface area contributed by atoms with Gasteiger partial charge in [0.15, 0.2) is 0 Å². The number of fused-ring (bicyclic) bond motifs is 1. The monoisotopic (exact) mass is 445 g/mol. The Hall–Kier alpha value is -2.48. The Morgan fingerprint density at radius 2 is 2.21 bits per heavy atom. The summed E-state index contributed by atoms with van der Waals surface area (Å²) in [4.78, 5) is 23.2. The van der Waals surface area contributed by atoms with Crippen molar-refractivity contribution >= 4 is 33.7 Å². The third-order valence-corrected chi connectivity index (χ3v) is 6.52. The zero-order valence-corrected chi connectivity index (χ0v) is 16.9. The number of benzene rings is 1. The highest BCUT2D eigenvalue weighted by Gasteiger charge is 2.64. The highest BCUT2D eigenvalue weighted by molar-refractivity contribution is 9.10. The largest absolute Gasteiger partial charge is 0.455 e. The van der Waals surface area contributed by atoms with Gasteiger partial charge in [0.2, 0.25) is 5.91 Å². The fourth-order valence-electron chi connectivity index (χ4n) is 4.51. The van der Waals surface area contributed by atoms with Crippen molar-refractivity contribution in [3.63, 3.8) is 0 Å². The molecule has 2 aromatic rings. The number of rotatable bonds is 5. The van der Waals surface area contributed by atoms with Gasteiger partial charge in [0.05, 0.1) is 16.7 Å². The van der Waals surface area contributed by atoms with E-state index in [1.54, 1.807) is 24.3 Å². The highest BCUT2D eigenvalue weighted by atomic mass is 79.9. The third-order valence-electron chi connectivity index (χ3n) is 6.03. The molecule has 1 heterocycles. The Bertz CT molecular complexity index is 970. The van der Waals surface area contributed by atoms with Gasteiger partial charge in [-0.1, -0.05) is 35.7 Å². The Kier molecular flexibility index (Phi) is 4.82. The van der Waals surface area contributed by atoms with Crippen LogP contribution in [0.2, 0.25) is 0 Å². The van der Waals surface area contributed by atoms with Gasteiger partial charge in [-0.25, -0.2) is 5.43 Å². The van der Waals surface area contributed by atoms with Crippen LogP contribution < -0.4 is 5.43 Å². The van der Waals surface area contributed by atoms with Gasteiger partial charge < -0.3 is 4.42 Å². The van der Waals surface area contributed by atoms with Crippen LogP contribution in [0, 0.1) is 27.4 Å². The lowest BCUT2D eigenvalue weighted by molar-refractivity contribution is -0.384. The molecule has 1 amide bonds. The second-order valence-electron chi connectivity index (χ2n) is 7.69. The standard InChI is InChI=1S/C20H20BrN3O4/c1-20-9-3-2-4-15(20)18(20)19(25)23-22-11-13-6-8-17(28-13)14-7-5-12(21)10-16(14)24(26)27/h5-8,10-11,15,18H,2-4,9H2,1H3,(H,23,25)/b22-11-/t15-,18-,20-/m1/s1. The number of carbonyl (C=O) groups excluding carboxylic acids is 1. The first-order valence-corrected chi connectivity index (χ1v) is 10.1. The third kappa shape index (κ3) is 3.37. The van der Waals surface area contributed by atoms with E-state index in [2.05, 4.69) is 33.4 Å². The number of amides is 1. The Morgan fingerprint density at radius 3 is 2.93 bits per heavy atom. The topological polar surface area (TPSA) is 97.7 Å². The van der Waals surface area contributed by atoms with Gasteiger partial charge in [0.25, 0.3) is 5.69 Å². The average molecular weight is 446 g/mol. The van der Waals surface area contributed by atoms with Crippen molar-refractivity contribution in [1.82, 2.24) is 5.43 Å². The van der Waals surface area contributed by atoms with Crippen molar-refractivity contribution < 1.29 is 14.1 Å². The predicted molar refractivity (Wildman–Crippen MR) is 108 cm³/mol. The molecule has 0 aliphatic heterocycles.